The summed E-state index contributed by atoms with van der Waals surface area (Å²) < 4.78 is 50.0. The maximum absolute atomic E-state index is 14.3. The number of carbonyl (C=O) groups is 2. The second-order valence-corrected chi connectivity index (χ2v) is 16.8. The molecular formula is C39H71NO13. The summed E-state index contributed by atoms with van der Waals surface area (Å²) in [6.45, 7) is 17.7. The number of aliphatic hydroxyl groups excluding tert-OH is 2. The molecule has 3 rings (SSSR count). The zero-order valence-corrected chi connectivity index (χ0v) is 34.9. The largest absolute Gasteiger partial charge is 0.459 e. The standard InChI is InChI=1S/C39H71NO13/c1-16-27-39(10,45)34(46-13)22(4)29(41)20(2)18-38(9,48-15)33(53-36-30(42)26(40(11)12)17-21(3)49-36)23(5)31(24(6)35(44)51-27)52-28-19-37(8,47-14)32(43)25(7)50-28/h20-28,30-34,36,42-43,45H,16-19H2,1-15H3/t20-,21-,22-,23+,24+,25+,26+,27+,28-,30-,31-,32+,33-,34-,36+,37-,38+,39-/m1/s1. The minimum absolute atomic E-state index is 0.144. The Morgan fingerprint density at radius 3 is 1.98 bits per heavy atom. The van der Waals surface area contributed by atoms with E-state index in [2.05, 4.69) is 0 Å². The van der Waals surface area contributed by atoms with Crippen LogP contribution in [0.25, 0.3) is 0 Å². The third kappa shape index (κ3) is 9.81. The smallest absolute Gasteiger partial charge is 0.311 e. The van der Waals surface area contributed by atoms with Crippen molar-refractivity contribution < 1.29 is 62.8 Å². The monoisotopic (exact) mass is 761 g/mol. The first-order valence-electron chi connectivity index (χ1n) is 19.3. The summed E-state index contributed by atoms with van der Waals surface area (Å²) in [4.78, 5) is 30.5. The number of nitrogens with zero attached hydrogens (tertiary/aromatic N) is 1. The Morgan fingerprint density at radius 1 is 0.849 bits per heavy atom. The summed E-state index contributed by atoms with van der Waals surface area (Å²) in [6, 6.07) is -0.270. The van der Waals surface area contributed by atoms with Gasteiger partial charge in [-0.2, -0.15) is 0 Å². The third-order valence-electron chi connectivity index (χ3n) is 12.5. The molecule has 310 valence electrons. The van der Waals surface area contributed by atoms with Gasteiger partial charge in [0, 0.05) is 51.5 Å². The maximum atomic E-state index is 14.3. The molecule has 0 aromatic carbocycles. The predicted molar refractivity (Wildman–Crippen MR) is 196 cm³/mol. The number of rotatable bonds is 9. The summed E-state index contributed by atoms with van der Waals surface area (Å²) in [5.41, 5.74) is -3.96. The van der Waals surface area contributed by atoms with Gasteiger partial charge in [-0.25, -0.2) is 0 Å². The van der Waals surface area contributed by atoms with Gasteiger partial charge in [0.1, 0.15) is 29.7 Å². The van der Waals surface area contributed by atoms with Crippen molar-refractivity contribution in [1.29, 1.82) is 0 Å². The molecule has 0 spiro atoms. The molecule has 14 nitrogen and oxygen atoms in total. The Bertz CT molecular complexity index is 1200. The van der Waals surface area contributed by atoms with E-state index in [1.165, 1.54) is 28.3 Å². The van der Waals surface area contributed by atoms with Crippen molar-refractivity contribution in [2.75, 3.05) is 35.4 Å². The first-order valence-corrected chi connectivity index (χ1v) is 19.3. The van der Waals surface area contributed by atoms with Gasteiger partial charge in [-0.05, 0) is 74.9 Å². The van der Waals surface area contributed by atoms with E-state index in [4.69, 9.17) is 37.9 Å². The fourth-order valence-corrected chi connectivity index (χ4v) is 9.01. The van der Waals surface area contributed by atoms with Gasteiger partial charge in [-0.3, -0.25) is 9.59 Å². The van der Waals surface area contributed by atoms with Crippen molar-refractivity contribution >= 4 is 11.8 Å². The zero-order chi connectivity index (χ0) is 40.4. The highest BCUT2D eigenvalue weighted by Crippen LogP contribution is 2.42. The van der Waals surface area contributed by atoms with Gasteiger partial charge in [0.15, 0.2) is 12.6 Å². The second-order valence-electron chi connectivity index (χ2n) is 16.8. The minimum atomic E-state index is -1.73. The van der Waals surface area contributed by atoms with Gasteiger partial charge in [0.25, 0.3) is 0 Å². The number of likely N-dealkylation sites (N-methyl/N-ethyl adjacent to an activating group) is 1. The molecule has 3 fully saturated rings. The first-order chi connectivity index (χ1) is 24.5. The quantitative estimate of drug-likeness (QED) is 0.293. The SMILES string of the molecule is CC[C@@H]1OC(=O)[C@@H](C)[C@H](O[C@@H]2C[C@@](C)(OC)[C@@H](O)[C@H](C)O2)[C@H](C)[C@@H](O[C@@H]2O[C@H](C)C[C@H](N(C)C)[C@H]2O)[C@@](C)(OC)C[C@@H](C)C(=O)[C@@H](C)[C@@H](OC)[C@]1(C)O. The van der Waals surface area contributed by atoms with Gasteiger partial charge in [0.05, 0.1) is 47.6 Å². The van der Waals surface area contributed by atoms with E-state index in [0.717, 1.165) is 0 Å². The van der Waals surface area contributed by atoms with Crippen molar-refractivity contribution in [2.24, 2.45) is 23.7 Å². The number of hydrogen-bond acceptors (Lipinski definition) is 14. The Hall–Kier alpha value is -1.30. The number of carbonyl (C=O) groups excluding carboxylic acids is 2. The Kier molecular flexibility index (Phi) is 15.9. The lowest BCUT2D eigenvalue weighted by Crippen LogP contribution is -2.61. The van der Waals surface area contributed by atoms with Crippen LogP contribution in [-0.4, -0.2) is 152 Å². The van der Waals surface area contributed by atoms with Crippen molar-refractivity contribution in [3.63, 3.8) is 0 Å². The highest BCUT2D eigenvalue weighted by molar-refractivity contribution is 5.83. The highest BCUT2D eigenvalue weighted by Gasteiger charge is 2.54. The Balaban J connectivity index is 2.24. The molecule has 0 unspecified atom stereocenters. The van der Waals surface area contributed by atoms with Gasteiger partial charge < -0.3 is 58.1 Å². The summed E-state index contributed by atoms with van der Waals surface area (Å²) in [7, 11) is 8.26. The van der Waals surface area contributed by atoms with Crippen LogP contribution in [-0.2, 0) is 47.5 Å². The topological polar surface area (TPSA) is 172 Å². The average molecular weight is 762 g/mol. The lowest BCUT2D eigenvalue weighted by Gasteiger charge is -2.50. The Labute approximate surface area is 317 Å². The van der Waals surface area contributed by atoms with Crippen molar-refractivity contribution in [2.45, 2.75) is 179 Å². The number of cyclic esters (lactones) is 1. The molecule has 0 aromatic heterocycles. The lowest BCUT2D eigenvalue weighted by molar-refractivity contribution is -0.319. The van der Waals surface area contributed by atoms with Crippen LogP contribution in [0.15, 0.2) is 0 Å². The number of ketones is 1. The normalized spacial score (nSPS) is 48.3. The average Bonchev–Trinajstić information content (AvgIpc) is 3.10. The van der Waals surface area contributed by atoms with E-state index in [1.54, 1.807) is 34.6 Å². The predicted octanol–water partition coefficient (Wildman–Crippen LogP) is 3.09. The molecule has 0 aromatic rings. The van der Waals surface area contributed by atoms with E-state index >= 15 is 0 Å². The molecule has 3 heterocycles. The first kappa shape index (κ1) is 46.1. The van der Waals surface area contributed by atoms with Crippen LogP contribution in [0.3, 0.4) is 0 Å². The number of aliphatic hydroxyl groups is 3. The van der Waals surface area contributed by atoms with Crippen LogP contribution in [0.5, 0.6) is 0 Å². The number of methoxy groups -OCH3 is 3. The maximum Gasteiger partial charge on any atom is 0.311 e. The summed E-state index contributed by atoms with van der Waals surface area (Å²) in [5, 5.41) is 34.5. The molecule has 0 saturated carbocycles. The minimum Gasteiger partial charge on any atom is -0.459 e. The molecule has 14 heteroatoms. The van der Waals surface area contributed by atoms with Crippen LogP contribution in [0, 0.1) is 23.7 Å². The lowest BCUT2D eigenvalue weighted by atomic mass is 9.73. The molecule has 0 bridgehead atoms. The highest BCUT2D eigenvalue weighted by atomic mass is 16.7. The van der Waals surface area contributed by atoms with E-state index in [1.807, 2.05) is 46.7 Å². The van der Waals surface area contributed by atoms with Gasteiger partial charge in [-0.1, -0.05) is 27.7 Å². The molecule has 0 amide bonds. The third-order valence-corrected chi connectivity index (χ3v) is 12.5. The van der Waals surface area contributed by atoms with Crippen LogP contribution < -0.4 is 0 Å². The van der Waals surface area contributed by atoms with E-state index in [0.29, 0.717) is 6.42 Å². The summed E-state index contributed by atoms with van der Waals surface area (Å²) >= 11 is 0. The molecule has 18 atom stereocenters. The van der Waals surface area contributed by atoms with Crippen LogP contribution in [0.4, 0.5) is 0 Å². The van der Waals surface area contributed by atoms with Crippen LogP contribution in [0.1, 0.15) is 94.9 Å². The molecule has 0 radical (unpaired) electrons. The van der Waals surface area contributed by atoms with Crippen molar-refractivity contribution in [1.82, 2.24) is 4.90 Å². The van der Waals surface area contributed by atoms with Gasteiger partial charge >= 0.3 is 5.97 Å². The van der Waals surface area contributed by atoms with Gasteiger partial charge in [-0.15, -0.1) is 0 Å². The van der Waals surface area contributed by atoms with E-state index < -0.39 is 102 Å². The van der Waals surface area contributed by atoms with Crippen LogP contribution in [0.2, 0.25) is 0 Å². The molecule has 0 aliphatic carbocycles. The van der Waals surface area contributed by atoms with Crippen LogP contribution >= 0.6 is 0 Å². The molecular weight excluding hydrogens is 690 g/mol. The molecule has 3 saturated heterocycles. The van der Waals surface area contributed by atoms with E-state index in [-0.39, 0.29) is 37.2 Å². The zero-order valence-electron chi connectivity index (χ0n) is 34.9. The fourth-order valence-electron chi connectivity index (χ4n) is 9.01. The number of Topliss-reactive ketones (excluding diaryl/α,β-unsaturated/α-hetero) is 1. The molecule has 3 aliphatic heterocycles. The van der Waals surface area contributed by atoms with Crippen molar-refractivity contribution in [3.8, 4) is 0 Å². The van der Waals surface area contributed by atoms with Crippen molar-refractivity contribution in [3.05, 3.63) is 0 Å². The Morgan fingerprint density at radius 2 is 1.45 bits per heavy atom. The molecule has 53 heavy (non-hydrogen) atoms. The molecule has 3 N–H and O–H groups in total. The summed E-state index contributed by atoms with van der Waals surface area (Å²) in [5.74, 6) is -3.88. The number of ether oxygens (including phenoxy) is 8. The fraction of sp³-hybridized carbons (Fsp3) is 0.949. The van der Waals surface area contributed by atoms with E-state index in [9.17, 15) is 24.9 Å². The number of hydrogen-bond donors (Lipinski definition) is 3. The van der Waals surface area contributed by atoms with Gasteiger partial charge in [0.2, 0.25) is 0 Å². The molecule has 3 aliphatic rings. The number of esters is 1. The summed E-state index contributed by atoms with van der Waals surface area (Å²) in [6.07, 6.45) is -7.72. The second kappa shape index (κ2) is 18.3.